The Balaban J connectivity index is 1.93. The smallest absolute Gasteiger partial charge is 0.131 e. The van der Waals surface area contributed by atoms with Crippen molar-refractivity contribution in [1.82, 2.24) is 0 Å². The molecule has 1 atom stereocenters. The number of nitrogens with two attached hydrogens (primary N) is 1. The van der Waals surface area contributed by atoms with Gasteiger partial charge in [0.1, 0.15) is 5.82 Å². The second kappa shape index (κ2) is 5.37. The Hall–Kier alpha value is -1.67. The number of hydrogen-bond acceptors (Lipinski definition) is 1. The third-order valence-electron chi connectivity index (χ3n) is 4.31. The Morgan fingerprint density at radius 3 is 2.35 bits per heavy atom. The molecule has 1 nitrogen and oxygen atoms in total. The fraction of sp³-hybridized carbons (Fsp3) is 0.333. The van der Waals surface area contributed by atoms with E-state index in [1.165, 1.54) is 30.9 Å². The van der Waals surface area contributed by atoms with E-state index in [2.05, 4.69) is 12.1 Å². The Bertz CT molecular complexity index is 597. The Labute approximate surface area is 119 Å². The molecule has 0 aliphatic heterocycles. The molecule has 1 fully saturated rings. The third-order valence-corrected chi connectivity index (χ3v) is 4.31. The normalized spacial score (nSPS) is 16.8. The molecule has 0 heterocycles. The molecule has 0 aromatic heterocycles. The van der Waals surface area contributed by atoms with E-state index in [9.17, 15) is 4.39 Å². The van der Waals surface area contributed by atoms with Gasteiger partial charge in [0.2, 0.25) is 0 Å². The van der Waals surface area contributed by atoms with Gasteiger partial charge in [-0.2, -0.15) is 0 Å². The van der Waals surface area contributed by atoms with Gasteiger partial charge in [0.25, 0.3) is 0 Å². The van der Waals surface area contributed by atoms with Crippen molar-refractivity contribution in [2.45, 2.75) is 38.1 Å². The summed E-state index contributed by atoms with van der Waals surface area (Å²) in [5.41, 5.74) is 9.78. The van der Waals surface area contributed by atoms with E-state index in [4.69, 9.17) is 5.73 Å². The van der Waals surface area contributed by atoms with Gasteiger partial charge in [-0.3, -0.25) is 0 Å². The summed E-state index contributed by atoms with van der Waals surface area (Å²) in [6.45, 7) is 1.91. The van der Waals surface area contributed by atoms with Gasteiger partial charge < -0.3 is 5.73 Å². The highest BCUT2D eigenvalue weighted by Crippen LogP contribution is 2.37. The van der Waals surface area contributed by atoms with Gasteiger partial charge in [-0.15, -0.1) is 0 Å². The van der Waals surface area contributed by atoms with Gasteiger partial charge in [-0.1, -0.05) is 36.8 Å². The highest BCUT2D eigenvalue weighted by Gasteiger charge is 2.19. The quantitative estimate of drug-likeness (QED) is 0.852. The largest absolute Gasteiger partial charge is 0.324 e. The summed E-state index contributed by atoms with van der Waals surface area (Å²) in [5.74, 6) is 0.523. The van der Waals surface area contributed by atoms with Crippen molar-refractivity contribution >= 4 is 0 Å². The van der Waals surface area contributed by atoms with Crippen LogP contribution in [0.3, 0.4) is 0 Å². The molecule has 0 amide bonds. The molecule has 1 aliphatic rings. The van der Waals surface area contributed by atoms with Crippen molar-refractivity contribution in [2.24, 2.45) is 5.73 Å². The maximum absolute atomic E-state index is 14.0. The maximum Gasteiger partial charge on any atom is 0.131 e. The van der Waals surface area contributed by atoms with E-state index in [1.807, 2.05) is 25.1 Å². The summed E-state index contributed by atoms with van der Waals surface area (Å²) in [6, 6.07) is 13.4. The summed E-state index contributed by atoms with van der Waals surface area (Å²) in [7, 11) is 0. The minimum atomic E-state index is -0.189. The molecule has 1 unspecified atom stereocenters. The molecule has 0 bridgehead atoms. The molecular formula is C18H20FN. The molecule has 2 heteroatoms. The summed E-state index contributed by atoms with van der Waals surface area (Å²) in [5, 5.41) is 0. The van der Waals surface area contributed by atoms with Gasteiger partial charge in [0.15, 0.2) is 0 Å². The number of halogens is 1. The molecule has 2 aromatic rings. The monoisotopic (exact) mass is 269 g/mol. The fourth-order valence-corrected chi connectivity index (χ4v) is 2.72. The van der Waals surface area contributed by atoms with Crippen LogP contribution in [0, 0.1) is 5.82 Å². The van der Waals surface area contributed by atoms with Crippen LogP contribution in [0.4, 0.5) is 4.39 Å². The lowest BCUT2D eigenvalue weighted by molar-refractivity contribution is 0.420. The predicted octanol–water partition coefficient (Wildman–Crippen LogP) is 4.78. The molecule has 0 spiro atoms. The molecule has 0 radical (unpaired) electrons. The zero-order valence-corrected chi connectivity index (χ0v) is 11.8. The first kappa shape index (κ1) is 13.3. The van der Waals surface area contributed by atoms with Crippen molar-refractivity contribution < 1.29 is 4.39 Å². The van der Waals surface area contributed by atoms with E-state index in [0.29, 0.717) is 11.5 Å². The maximum atomic E-state index is 14.0. The van der Waals surface area contributed by atoms with E-state index in [-0.39, 0.29) is 11.9 Å². The zero-order chi connectivity index (χ0) is 14.1. The minimum Gasteiger partial charge on any atom is -0.324 e. The summed E-state index contributed by atoms with van der Waals surface area (Å²) in [4.78, 5) is 0. The summed E-state index contributed by atoms with van der Waals surface area (Å²) >= 11 is 0. The summed E-state index contributed by atoms with van der Waals surface area (Å²) < 4.78 is 14.0. The highest BCUT2D eigenvalue weighted by atomic mass is 19.1. The second-order valence-corrected chi connectivity index (χ2v) is 5.78. The predicted molar refractivity (Wildman–Crippen MR) is 81.0 cm³/mol. The highest BCUT2D eigenvalue weighted by molar-refractivity contribution is 5.65. The fourth-order valence-electron chi connectivity index (χ4n) is 2.72. The Morgan fingerprint density at radius 2 is 1.80 bits per heavy atom. The first-order valence-electron chi connectivity index (χ1n) is 7.30. The van der Waals surface area contributed by atoms with E-state index in [1.54, 1.807) is 6.07 Å². The molecule has 2 aromatic carbocycles. The van der Waals surface area contributed by atoms with E-state index < -0.39 is 0 Å². The van der Waals surface area contributed by atoms with Crippen LogP contribution in [0.5, 0.6) is 0 Å². The lowest BCUT2D eigenvalue weighted by atomic mass is 9.80. The van der Waals surface area contributed by atoms with Crippen LogP contribution in [0.1, 0.15) is 49.3 Å². The average Bonchev–Trinajstić information content (AvgIpc) is 2.38. The molecule has 3 rings (SSSR count). The minimum absolute atomic E-state index is 0.0800. The molecule has 0 saturated heterocycles. The van der Waals surface area contributed by atoms with Gasteiger partial charge in [0.05, 0.1) is 0 Å². The van der Waals surface area contributed by atoms with Crippen LogP contribution in [0.2, 0.25) is 0 Å². The van der Waals surface area contributed by atoms with E-state index in [0.717, 1.165) is 11.1 Å². The number of benzene rings is 2. The molecular weight excluding hydrogens is 249 g/mol. The van der Waals surface area contributed by atoms with Crippen molar-refractivity contribution in [1.29, 1.82) is 0 Å². The van der Waals surface area contributed by atoms with Crippen molar-refractivity contribution in [2.75, 3.05) is 0 Å². The first-order valence-corrected chi connectivity index (χ1v) is 7.30. The zero-order valence-electron chi connectivity index (χ0n) is 11.8. The number of hydrogen-bond donors (Lipinski definition) is 1. The second-order valence-electron chi connectivity index (χ2n) is 5.78. The van der Waals surface area contributed by atoms with E-state index >= 15 is 0 Å². The SMILES string of the molecule is CC(N)c1ccc(F)c(-c2ccc(C3CCC3)cc2)c1. The third kappa shape index (κ3) is 2.48. The molecule has 104 valence electrons. The Morgan fingerprint density at radius 1 is 1.10 bits per heavy atom. The van der Waals surface area contributed by atoms with Crippen LogP contribution in [-0.2, 0) is 0 Å². The molecule has 1 saturated carbocycles. The van der Waals surface area contributed by atoms with Gasteiger partial charge >= 0.3 is 0 Å². The standard InChI is InChI=1S/C18H20FN/c1-12(20)16-9-10-18(19)17(11-16)15-7-5-14(6-8-15)13-3-2-4-13/h5-13H,2-4,20H2,1H3. The van der Waals surface area contributed by atoms with Crippen LogP contribution >= 0.6 is 0 Å². The number of rotatable bonds is 3. The lowest BCUT2D eigenvalue weighted by Gasteiger charge is -2.25. The van der Waals surface area contributed by atoms with Crippen LogP contribution in [-0.4, -0.2) is 0 Å². The van der Waals surface area contributed by atoms with Crippen LogP contribution < -0.4 is 5.73 Å². The van der Waals surface area contributed by atoms with Crippen LogP contribution in [0.15, 0.2) is 42.5 Å². The molecule has 20 heavy (non-hydrogen) atoms. The Kier molecular flexibility index (Phi) is 3.58. The van der Waals surface area contributed by atoms with Gasteiger partial charge in [-0.05, 0) is 54.5 Å². The van der Waals surface area contributed by atoms with Crippen molar-refractivity contribution in [3.05, 3.63) is 59.4 Å². The lowest BCUT2D eigenvalue weighted by Crippen LogP contribution is -2.08. The van der Waals surface area contributed by atoms with Gasteiger partial charge in [0, 0.05) is 11.6 Å². The van der Waals surface area contributed by atoms with Crippen molar-refractivity contribution in [3.8, 4) is 11.1 Å². The summed E-state index contributed by atoms with van der Waals surface area (Å²) in [6.07, 6.45) is 3.90. The first-order chi connectivity index (χ1) is 9.65. The molecule has 2 N–H and O–H groups in total. The molecule has 1 aliphatic carbocycles. The average molecular weight is 269 g/mol. The van der Waals surface area contributed by atoms with Gasteiger partial charge in [-0.25, -0.2) is 4.39 Å². The van der Waals surface area contributed by atoms with Crippen molar-refractivity contribution in [3.63, 3.8) is 0 Å². The van der Waals surface area contributed by atoms with Crippen LogP contribution in [0.25, 0.3) is 11.1 Å². The topological polar surface area (TPSA) is 26.0 Å².